The molecular formula is C29H27N3O7. The summed E-state index contributed by atoms with van der Waals surface area (Å²) in [6.07, 6.45) is -0.0881. The second-order valence-electron chi connectivity index (χ2n) is 11.0. The van der Waals surface area contributed by atoms with E-state index < -0.39 is 58.3 Å². The number of nitrogens with two attached hydrogens (primary N) is 1. The van der Waals surface area contributed by atoms with Gasteiger partial charge in [0.2, 0.25) is 5.91 Å². The van der Waals surface area contributed by atoms with Gasteiger partial charge in [-0.25, -0.2) is 0 Å². The van der Waals surface area contributed by atoms with Crippen molar-refractivity contribution in [3.63, 3.8) is 0 Å². The van der Waals surface area contributed by atoms with Crippen LogP contribution in [0.15, 0.2) is 36.4 Å². The first kappa shape index (κ1) is 25.0. The van der Waals surface area contributed by atoms with Gasteiger partial charge < -0.3 is 25.8 Å². The van der Waals surface area contributed by atoms with E-state index >= 15 is 0 Å². The van der Waals surface area contributed by atoms with Crippen molar-refractivity contribution in [1.82, 2.24) is 4.98 Å². The van der Waals surface area contributed by atoms with Crippen molar-refractivity contribution in [2.45, 2.75) is 24.9 Å². The molecule has 2 saturated carbocycles. The van der Waals surface area contributed by atoms with Gasteiger partial charge in [-0.05, 0) is 42.5 Å². The Labute approximate surface area is 222 Å². The highest BCUT2D eigenvalue weighted by Gasteiger charge is 2.66. The summed E-state index contributed by atoms with van der Waals surface area (Å²) >= 11 is 0. The molecule has 5 atom stereocenters. The first-order chi connectivity index (χ1) is 18.4. The molecule has 2 aromatic carbocycles. The fourth-order valence-electron chi connectivity index (χ4n) is 6.84. The summed E-state index contributed by atoms with van der Waals surface area (Å²) in [4.78, 5) is 70.4. The number of fused-ring (bicyclic) bond motifs is 4. The number of aliphatic hydroxyl groups is 1. The summed E-state index contributed by atoms with van der Waals surface area (Å²) in [6, 6.07) is 11.2. The zero-order valence-electron chi connectivity index (χ0n) is 21.4. The van der Waals surface area contributed by atoms with E-state index in [1.807, 2.05) is 49.3 Å². The molecular weight excluding hydrogens is 502 g/mol. The van der Waals surface area contributed by atoms with Crippen LogP contribution < -0.4 is 10.6 Å². The number of nitrogens with zero attached hydrogens (tertiary/aromatic N) is 1. The third-order valence-corrected chi connectivity index (χ3v) is 8.68. The number of phenolic OH excluding ortho intramolecular Hbond substituents is 1. The van der Waals surface area contributed by atoms with Gasteiger partial charge in [-0.2, -0.15) is 0 Å². The van der Waals surface area contributed by atoms with Gasteiger partial charge in [0.05, 0.1) is 17.2 Å². The van der Waals surface area contributed by atoms with E-state index in [9.17, 15) is 34.2 Å². The Morgan fingerprint density at radius 3 is 2.46 bits per heavy atom. The molecule has 3 aliphatic rings. The molecule has 0 spiro atoms. The van der Waals surface area contributed by atoms with Crippen LogP contribution >= 0.6 is 0 Å². The number of carbonyl (C=O) groups excluding carboxylic acids is 5. The highest BCUT2D eigenvalue weighted by molar-refractivity contribution is 6.31. The van der Waals surface area contributed by atoms with Gasteiger partial charge in [-0.15, -0.1) is 0 Å². The van der Waals surface area contributed by atoms with Crippen LogP contribution in [-0.4, -0.2) is 63.9 Å². The van der Waals surface area contributed by atoms with Crippen LogP contribution in [0.2, 0.25) is 0 Å². The third-order valence-electron chi connectivity index (χ3n) is 8.68. The van der Waals surface area contributed by atoms with Crippen LogP contribution in [-0.2, 0) is 25.6 Å². The molecule has 3 aliphatic carbocycles. The number of aromatic amines is 1. The van der Waals surface area contributed by atoms with Crippen molar-refractivity contribution in [3.05, 3.63) is 47.5 Å². The van der Waals surface area contributed by atoms with Gasteiger partial charge in [0, 0.05) is 48.6 Å². The first-order valence-corrected chi connectivity index (χ1v) is 12.8. The largest absolute Gasteiger partial charge is 0.506 e. The lowest BCUT2D eigenvalue weighted by atomic mass is 9.53. The Balaban J connectivity index is 1.50. The summed E-state index contributed by atoms with van der Waals surface area (Å²) < 4.78 is 0. The summed E-state index contributed by atoms with van der Waals surface area (Å²) in [5.41, 5.74) is 5.58. The number of hydrogen-bond donors (Lipinski definition) is 4. The number of amides is 1. The van der Waals surface area contributed by atoms with Crippen LogP contribution in [0.4, 0.5) is 5.69 Å². The van der Waals surface area contributed by atoms with E-state index in [1.54, 1.807) is 6.07 Å². The lowest BCUT2D eigenvalue weighted by Crippen LogP contribution is -2.68. The zero-order valence-corrected chi connectivity index (χ0v) is 21.4. The van der Waals surface area contributed by atoms with E-state index in [2.05, 4.69) is 4.98 Å². The lowest BCUT2D eigenvalue weighted by molar-refractivity contribution is -0.175. The van der Waals surface area contributed by atoms with Crippen LogP contribution in [0, 0.1) is 23.7 Å². The first-order valence-electron chi connectivity index (χ1n) is 12.8. The minimum Gasteiger partial charge on any atom is -0.506 e. The molecule has 10 nitrogen and oxygen atoms in total. The molecule has 3 aromatic rings. The molecule has 1 heterocycles. The fraction of sp³-hybridized carbons (Fsp3) is 0.345. The monoisotopic (exact) mass is 529 g/mol. The van der Waals surface area contributed by atoms with Crippen molar-refractivity contribution < 1.29 is 34.2 Å². The van der Waals surface area contributed by atoms with E-state index in [4.69, 9.17) is 5.73 Å². The molecule has 1 aromatic heterocycles. The van der Waals surface area contributed by atoms with E-state index in [0.717, 1.165) is 10.9 Å². The van der Waals surface area contributed by atoms with Crippen LogP contribution in [0.1, 0.15) is 28.8 Å². The molecule has 39 heavy (non-hydrogen) atoms. The Morgan fingerprint density at radius 2 is 1.79 bits per heavy atom. The summed E-state index contributed by atoms with van der Waals surface area (Å²) in [6.45, 7) is 0. The number of hydrogen-bond acceptors (Lipinski definition) is 8. The zero-order chi connectivity index (χ0) is 28.0. The maximum absolute atomic E-state index is 14.0. The van der Waals surface area contributed by atoms with E-state index in [-0.39, 0.29) is 30.6 Å². The maximum Gasteiger partial charge on any atom is 0.235 e. The highest BCUT2D eigenvalue weighted by Crippen LogP contribution is 2.52. The quantitative estimate of drug-likeness (QED) is 0.370. The predicted octanol–water partition coefficient (Wildman–Crippen LogP) is 1.54. The number of rotatable bonds is 3. The molecule has 1 amide bonds. The van der Waals surface area contributed by atoms with E-state index in [1.165, 1.54) is 0 Å². The number of para-hydroxylation sites is 1. The highest BCUT2D eigenvalue weighted by atomic mass is 16.3. The molecule has 0 radical (unpaired) electrons. The number of aromatic nitrogens is 1. The second kappa shape index (κ2) is 8.34. The van der Waals surface area contributed by atoms with Gasteiger partial charge in [-0.1, -0.05) is 18.2 Å². The van der Waals surface area contributed by atoms with Crippen LogP contribution in [0.25, 0.3) is 22.2 Å². The van der Waals surface area contributed by atoms with Crippen molar-refractivity contribution in [1.29, 1.82) is 0 Å². The Hall–Kier alpha value is -4.31. The molecule has 2 fully saturated rings. The van der Waals surface area contributed by atoms with Gasteiger partial charge in [0.1, 0.15) is 5.75 Å². The average molecular weight is 530 g/mol. The smallest absolute Gasteiger partial charge is 0.235 e. The van der Waals surface area contributed by atoms with Gasteiger partial charge in [-0.3, -0.25) is 24.0 Å². The molecule has 0 bridgehead atoms. The number of carbonyl (C=O) groups is 5. The van der Waals surface area contributed by atoms with Crippen molar-refractivity contribution >= 4 is 45.6 Å². The summed E-state index contributed by atoms with van der Waals surface area (Å²) in [5.74, 6) is -10.3. The molecule has 200 valence electrons. The number of phenols is 1. The Morgan fingerprint density at radius 1 is 1.08 bits per heavy atom. The molecule has 10 heteroatoms. The maximum atomic E-state index is 14.0. The Kier molecular flexibility index (Phi) is 5.35. The molecule has 0 aliphatic heterocycles. The SMILES string of the molecule is CN(C)c1cc(-c2cc3ccccc3[nH]2)c(O)c2c1C[C@H]1C[C@H]3CC(=O)C(C(N)=O)C(=O)[C@@]3(O)C(=O)C1C2=O. The number of nitrogens with one attached hydrogen (secondary N) is 1. The van der Waals surface area contributed by atoms with Gasteiger partial charge in [0.15, 0.2) is 34.7 Å². The van der Waals surface area contributed by atoms with Crippen molar-refractivity contribution in [3.8, 4) is 17.0 Å². The standard InChI is InChI=1S/C29H27N3O7/c1-32(2)19-11-15(18-9-12-5-3-4-6-17(12)31-18)24(34)22-16(19)8-13-7-14-10-20(33)23(28(30)38)27(37)29(14,39)26(36)21(13)25(22)35/h3-6,9,11,13-14,21,23,31,34,39H,7-8,10H2,1-2H3,(H2,30,38)/t13-,14+,21?,23?,29+/m1/s1. The number of H-pyrrole nitrogens is 1. The number of Topliss-reactive ketones (excluding diaryl/α,β-unsaturated/α-hetero) is 4. The van der Waals surface area contributed by atoms with Crippen molar-refractivity contribution in [2.75, 3.05) is 19.0 Å². The van der Waals surface area contributed by atoms with Crippen LogP contribution in [0.3, 0.4) is 0 Å². The third kappa shape index (κ3) is 3.34. The summed E-state index contributed by atoms with van der Waals surface area (Å²) in [5, 5.41) is 23.8. The molecule has 6 rings (SSSR count). The normalized spacial score (nSPS) is 28.2. The second-order valence-corrected chi connectivity index (χ2v) is 11.0. The predicted molar refractivity (Wildman–Crippen MR) is 140 cm³/mol. The van der Waals surface area contributed by atoms with E-state index in [0.29, 0.717) is 22.5 Å². The number of benzene rings is 2. The lowest BCUT2D eigenvalue weighted by Gasteiger charge is -2.48. The van der Waals surface area contributed by atoms with Gasteiger partial charge in [0.25, 0.3) is 0 Å². The molecule has 5 N–H and O–H groups in total. The van der Waals surface area contributed by atoms with Gasteiger partial charge >= 0.3 is 0 Å². The Bertz CT molecular complexity index is 1600. The summed E-state index contributed by atoms with van der Waals surface area (Å²) in [7, 11) is 3.62. The minimum atomic E-state index is -2.67. The average Bonchev–Trinajstić information content (AvgIpc) is 3.30. The van der Waals surface area contributed by atoms with Crippen molar-refractivity contribution in [2.24, 2.45) is 29.4 Å². The van der Waals surface area contributed by atoms with Crippen LogP contribution in [0.5, 0.6) is 5.75 Å². The molecule has 0 saturated heterocycles. The fourth-order valence-corrected chi connectivity index (χ4v) is 6.84. The topological polar surface area (TPSA) is 171 Å². The number of primary amides is 1. The minimum absolute atomic E-state index is 0.0303. The number of aromatic hydroxyl groups is 1. The number of ketones is 4. The molecule has 2 unspecified atom stereocenters. The number of anilines is 1.